The van der Waals surface area contributed by atoms with Gasteiger partial charge in [-0.1, -0.05) is 23.7 Å². The third-order valence-corrected chi connectivity index (χ3v) is 3.21. The molecule has 0 aliphatic heterocycles. The van der Waals surface area contributed by atoms with Gasteiger partial charge in [-0.3, -0.25) is 0 Å². The maximum absolute atomic E-state index is 13.4. The summed E-state index contributed by atoms with van der Waals surface area (Å²) in [5.41, 5.74) is 2.01. The van der Waals surface area contributed by atoms with E-state index in [0.29, 0.717) is 11.3 Å². The van der Waals surface area contributed by atoms with Gasteiger partial charge in [0.25, 0.3) is 0 Å². The van der Waals surface area contributed by atoms with E-state index in [1.807, 2.05) is 0 Å². The summed E-state index contributed by atoms with van der Waals surface area (Å²) in [5, 5.41) is 4.21. The van der Waals surface area contributed by atoms with Gasteiger partial charge in [0.15, 0.2) is 0 Å². The van der Waals surface area contributed by atoms with Crippen LogP contribution in [0.25, 0.3) is 16.8 Å². The molecule has 0 radical (unpaired) electrons. The standard InChI is InChI=1S/C15H9ClF2N2/c16-14-5-4-13(7-15(14)18)20-9-11(8-19-20)10-2-1-3-12(17)6-10/h1-9H. The Hall–Kier alpha value is -2.20. The highest BCUT2D eigenvalue weighted by molar-refractivity contribution is 6.30. The van der Waals surface area contributed by atoms with Gasteiger partial charge in [0.05, 0.1) is 16.9 Å². The molecule has 3 aromatic rings. The Morgan fingerprint density at radius 1 is 1.00 bits per heavy atom. The van der Waals surface area contributed by atoms with Gasteiger partial charge in [0.1, 0.15) is 11.6 Å². The Morgan fingerprint density at radius 3 is 2.60 bits per heavy atom. The van der Waals surface area contributed by atoms with E-state index in [0.717, 1.165) is 5.56 Å². The summed E-state index contributed by atoms with van der Waals surface area (Å²) in [6, 6.07) is 10.6. The summed E-state index contributed by atoms with van der Waals surface area (Å²) in [6.45, 7) is 0. The Kier molecular flexibility index (Phi) is 3.24. The molecule has 0 unspecified atom stereocenters. The molecule has 2 aromatic carbocycles. The highest BCUT2D eigenvalue weighted by Gasteiger charge is 2.06. The average Bonchev–Trinajstić information content (AvgIpc) is 2.92. The summed E-state index contributed by atoms with van der Waals surface area (Å²) >= 11 is 5.64. The number of benzene rings is 2. The highest BCUT2D eigenvalue weighted by Crippen LogP contribution is 2.22. The molecule has 5 heteroatoms. The quantitative estimate of drug-likeness (QED) is 0.681. The molecule has 0 bridgehead atoms. The van der Waals surface area contributed by atoms with Crippen molar-refractivity contribution in [1.29, 1.82) is 0 Å². The zero-order valence-electron chi connectivity index (χ0n) is 10.2. The molecule has 3 rings (SSSR count). The normalized spacial score (nSPS) is 10.8. The van der Waals surface area contributed by atoms with E-state index in [1.54, 1.807) is 30.6 Å². The molecule has 1 aromatic heterocycles. The third kappa shape index (κ3) is 2.42. The van der Waals surface area contributed by atoms with Gasteiger partial charge in [-0.05, 0) is 29.8 Å². The van der Waals surface area contributed by atoms with Crippen LogP contribution in [0.1, 0.15) is 0 Å². The van der Waals surface area contributed by atoms with Crippen LogP contribution >= 0.6 is 11.6 Å². The Bertz CT molecular complexity index is 768. The van der Waals surface area contributed by atoms with E-state index in [4.69, 9.17) is 11.6 Å². The minimum absolute atomic E-state index is 0.0614. The van der Waals surface area contributed by atoms with Crippen molar-refractivity contribution in [2.75, 3.05) is 0 Å². The van der Waals surface area contributed by atoms with E-state index >= 15 is 0 Å². The van der Waals surface area contributed by atoms with E-state index in [2.05, 4.69) is 5.10 Å². The van der Waals surface area contributed by atoms with Crippen molar-refractivity contribution in [3.05, 3.63) is 71.5 Å². The van der Waals surface area contributed by atoms with Gasteiger partial charge < -0.3 is 0 Å². The van der Waals surface area contributed by atoms with Crippen LogP contribution in [0.15, 0.2) is 54.9 Å². The Morgan fingerprint density at radius 2 is 1.85 bits per heavy atom. The van der Waals surface area contributed by atoms with Crippen molar-refractivity contribution in [1.82, 2.24) is 9.78 Å². The molecule has 0 spiro atoms. The monoisotopic (exact) mass is 290 g/mol. The van der Waals surface area contributed by atoms with Crippen LogP contribution in [0.4, 0.5) is 8.78 Å². The van der Waals surface area contributed by atoms with Gasteiger partial charge in [-0.25, -0.2) is 13.5 Å². The number of halogens is 3. The zero-order valence-corrected chi connectivity index (χ0v) is 11.0. The summed E-state index contributed by atoms with van der Waals surface area (Å²) in [5.74, 6) is -0.820. The lowest BCUT2D eigenvalue weighted by molar-refractivity contribution is 0.626. The summed E-state index contributed by atoms with van der Waals surface area (Å²) in [6.07, 6.45) is 3.30. The number of hydrogen-bond donors (Lipinski definition) is 0. The summed E-state index contributed by atoms with van der Waals surface area (Å²) in [4.78, 5) is 0. The predicted molar refractivity (Wildman–Crippen MR) is 73.9 cm³/mol. The van der Waals surface area contributed by atoms with Gasteiger partial charge >= 0.3 is 0 Å². The van der Waals surface area contributed by atoms with Crippen LogP contribution < -0.4 is 0 Å². The van der Waals surface area contributed by atoms with Gasteiger partial charge in [-0.15, -0.1) is 0 Å². The maximum atomic E-state index is 13.4. The first kappa shape index (κ1) is 12.8. The van der Waals surface area contributed by atoms with Crippen LogP contribution in [0.3, 0.4) is 0 Å². The topological polar surface area (TPSA) is 17.8 Å². The number of hydrogen-bond acceptors (Lipinski definition) is 1. The van der Waals surface area contributed by atoms with Crippen molar-refractivity contribution >= 4 is 11.6 Å². The minimum Gasteiger partial charge on any atom is -0.240 e. The molecule has 0 N–H and O–H groups in total. The molecule has 100 valence electrons. The lowest BCUT2D eigenvalue weighted by atomic mass is 10.1. The smallest absolute Gasteiger partial charge is 0.143 e. The van der Waals surface area contributed by atoms with Crippen LogP contribution in [-0.4, -0.2) is 9.78 Å². The first-order valence-electron chi connectivity index (χ1n) is 5.89. The molecule has 0 saturated carbocycles. The third-order valence-electron chi connectivity index (χ3n) is 2.91. The first-order valence-corrected chi connectivity index (χ1v) is 6.27. The largest absolute Gasteiger partial charge is 0.240 e. The van der Waals surface area contributed by atoms with Crippen molar-refractivity contribution in [3.63, 3.8) is 0 Å². The first-order chi connectivity index (χ1) is 9.63. The predicted octanol–water partition coefficient (Wildman–Crippen LogP) is 4.47. The molecule has 2 nitrogen and oxygen atoms in total. The van der Waals surface area contributed by atoms with Crippen molar-refractivity contribution < 1.29 is 8.78 Å². The fourth-order valence-corrected chi connectivity index (χ4v) is 2.03. The lowest BCUT2D eigenvalue weighted by Crippen LogP contribution is -1.94. The zero-order chi connectivity index (χ0) is 14.1. The molecule has 0 fully saturated rings. The summed E-state index contributed by atoms with van der Waals surface area (Å²) in [7, 11) is 0. The SMILES string of the molecule is Fc1cccc(-c2cnn(-c3ccc(Cl)c(F)c3)c2)c1. The van der Waals surface area contributed by atoms with Crippen LogP contribution in [-0.2, 0) is 0 Å². The van der Waals surface area contributed by atoms with Gasteiger partial charge in [0, 0.05) is 17.8 Å². The van der Waals surface area contributed by atoms with Crippen LogP contribution in [0.5, 0.6) is 0 Å². The molecule has 0 atom stereocenters. The van der Waals surface area contributed by atoms with Crippen molar-refractivity contribution in [2.45, 2.75) is 0 Å². The molecule has 0 aliphatic carbocycles. The van der Waals surface area contributed by atoms with Gasteiger partial charge in [0.2, 0.25) is 0 Å². The van der Waals surface area contributed by atoms with E-state index < -0.39 is 5.82 Å². The number of aromatic nitrogens is 2. The molecular formula is C15H9ClF2N2. The van der Waals surface area contributed by atoms with E-state index in [9.17, 15) is 8.78 Å². The second-order valence-corrected chi connectivity index (χ2v) is 4.69. The second kappa shape index (κ2) is 5.06. The summed E-state index contributed by atoms with van der Waals surface area (Å²) < 4.78 is 28.1. The number of rotatable bonds is 2. The molecule has 0 saturated heterocycles. The fraction of sp³-hybridized carbons (Fsp3) is 0. The Labute approximate surface area is 119 Å². The number of nitrogens with zero attached hydrogens (tertiary/aromatic N) is 2. The van der Waals surface area contributed by atoms with E-state index in [1.165, 1.54) is 28.9 Å². The van der Waals surface area contributed by atoms with Crippen molar-refractivity contribution in [2.24, 2.45) is 0 Å². The molecular weight excluding hydrogens is 282 g/mol. The molecule has 20 heavy (non-hydrogen) atoms. The molecule has 0 amide bonds. The highest BCUT2D eigenvalue weighted by atomic mass is 35.5. The molecule has 0 aliphatic rings. The average molecular weight is 291 g/mol. The van der Waals surface area contributed by atoms with Crippen LogP contribution in [0.2, 0.25) is 5.02 Å². The second-order valence-electron chi connectivity index (χ2n) is 4.28. The van der Waals surface area contributed by atoms with Gasteiger partial charge in [-0.2, -0.15) is 5.10 Å². The lowest BCUT2D eigenvalue weighted by Gasteiger charge is -2.02. The minimum atomic E-state index is -0.507. The maximum Gasteiger partial charge on any atom is 0.143 e. The van der Waals surface area contributed by atoms with Crippen LogP contribution in [0, 0.1) is 11.6 Å². The fourth-order valence-electron chi connectivity index (χ4n) is 1.91. The molecule has 1 heterocycles. The van der Waals surface area contributed by atoms with Crippen molar-refractivity contribution in [3.8, 4) is 16.8 Å². The Balaban J connectivity index is 1.99. The van der Waals surface area contributed by atoms with E-state index in [-0.39, 0.29) is 10.8 Å².